The molecule has 0 aliphatic heterocycles. The Hall–Kier alpha value is -4.45. The number of carbonyl (C=O) groups is 3. The third-order valence-electron chi connectivity index (χ3n) is 12.1. The molecule has 0 spiro atoms. The van der Waals surface area contributed by atoms with Crippen molar-refractivity contribution in [3.05, 3.63) is 134 Å². The Balaban J connectivity index is 4.60. The summed E-state index contributed by atoms with van der Waals surface area (Å²) < 4.78 is 16.8. The van der Waals surface area contributed by atoms with E-state index in [2.05, 4.69) is 142 Å². The second kappa shape index (κ2) is 60.1. The summed E-state index contributed by atoms with van der Waals surface area (Å²) in [4.78, 5) is 38.2. The van der Waals surface area contributed by atoms with E-state index in [9.17, 15) is 14.4 Å². The van der Waals surface area contributed by atoms with Gasteiger partial charge in [-0.05, 0) is 135 Å². The van der Waals surface area contributed by atoms with Crippen LogP contribution in [-0.2, 0) is 28.6 Å². The van der Waals surface area contributed by atoms with E-state index >= 15 is 0 Å². The van der Waals surface area contributed by atoms with Crippen LogP contribution >= 0.6 is 0 Å². The molecular weight excluding hydrogens is 901 g/mol. The third kappa shape index (κ3) is 58.3. The highest BCUT2D eigenvalue weighted by Crippen LogP contribution is 2.13. The van der Waals surface area contributed by atoms with Crippen LogP contribution in [-0.4, -0.2) is 37.2 Å². The van der Waals surface area contributed by atoms with Gasteiger partial charge >= 0.3 is 17.9 Å². The minimum atomic E-state index is -0.840. The second-order valence-electron chi connectivity index (χ2n) is 19.2. The van der Waals surface area contributed by atoms with Gasteiger partial charge in [0.15, 0.2) is 6.10 Å². The highest BCUT2D eigenvalue weighted by atomic mass is 16.6. The lowest BCUT2D eigenvalue weighted by Gasteiger charge is -2.18. The van der Waals surface area contributed by atoms with Gasteiger partial charge in [0.25, 0.3) is 0 Å². The van der Waals surface area contributed by atoms with E-state index in [1.165, 1.54) is 103 Å². The van der Waals surface area contributed by atoms with Gasteiger partial charge in [0, 0.05) is 19.3 Å². The summed E-state index contributed by atoms with van der Waals surface area (Å²) in [5.74, 6) is -1.05. The molecule has 0 aromatic rings. The molecule has 6 nitrogen and oxygen atoms in total. The summed E-state index contributed by atoms with van der Waals surface area (Å²) in [5, 5.41) is 0. The fraction of sp³-hybridized carbons (Fsp3) is 0.627. The van der Waals surface area contributed by atoms with E-state index in [-0.39, 0.29) is 31.6 Å². The maximum Gasteiger partial charge on any atom is 0.306 e. The highest BCUT2D eigenvalue weighted by molar-refractivity contribution is 5.71. The summed E-state index contributed by atoms with van der Waals surface area (Å²) in [6.45, 7) is 6.46. The molecule has 0 saturated heterocycles. The van der Waals surface area contributed by atoms with Crippen molar-refractivity contribution in [2.45, 2.75) is 258 Å². The minimum absolute atomic E-state index is 0.126. The number of unbranched alkanes of at least 4 members (excludes halogenated alkanes) is 19. The van der Waals surface area contributed by atoms with Crippen molar-refractivity contribution in [3.63, 3.8) is 0 Å². The maximum atomic E-state index is 12.8. The van der Waals surface area contributed by atoms with Crippen molar-refractivity contribution < 1.29 is 28.6 Å². The molecule has 0 aromatic heterocycles. The monoisotopic (exact) mass is 1010 g/mol. The van der Waals surface area contributed by atoms with Crippen LogP contribution in [0.1, 0.15) is 252 Å². The lowest BCUT2D eigenvalue weighted by Crippen LogP contribution is -2.30. The zero-order valence-electron chi connectivity index (χ0n) is 47.1. The zero-order valence-corrected chi connectivity index (χ0v) is 47.1. The van der Waals surface area contributed by atoms with Gasteiger partial charge in [0.1, 0.15) is 13.2 Å². The van der Waals surface area contributed by atoms with Crippen LogP contribution in [0, 0.1) is 0 Å². The van der Waals surface area contributed by atoms with Crippen LogP contribution in [0.5, 0.6) is 0 Å². The quantitative estimate of drug-likeness (QED) is 0.0261. The van der Waals surface area contributed by atoms with Gasteiger partial charge in [-0.25, -0.2) is 0 Å². The molecule has 0 amide bonds. The predicted molar refractivity (Wildman–Crippen MR) is 316 cm³/mol. The Morgan fingerprint density at radius 3 is 0.836 bits per heavy atom. The summed E-state index contributed by atoms with van der Waals surface area (Å²) in [6.07, 6.45) is 84.5. The molecule has 0 bridgehead atoms. The van der Waals surface area contributed by atoms with Gasteiger partial charge in [-0.15, -0.1) is 0 Å². The summed E-state index contributed by atoms with van der Waals surface area (Å²) >= 11 is 0. The number of esters is 3. The van der Waals surface area contributed by atoms with Crippen molar-refractivity contribution in [1.29, 1.82) is 0 Å². The number of hydrogen-bond acceptors (Lipinski definition) is 6. The number of allylic oxidation sites excluding steroid dienone is 22. The van der Waals surface area contributed by atoms with E-state index in [1.54, 1.807) is 0 Å². The molecule has 0 rings (SSSR count). The lowest BCUT2D eigenvalue weighted by atomic mass is 10.1. The molecule has 0 N–H and O–H groups in total. The summed E-state index contributed by atoms with van der Waals surface area (Å²) in [6, 6.07) is 0. The molecule has 0 unspecified atom stereocenters. The number of ether oxygens (including phenoxy) is 3. The fourth-order valence-electron chi connectivity index (χ4n) is 7.61. The van der Waals surface area contributed by atoms with Gasteiger partial charge in [-0.3, -0.25) is 14.4 Å². The summed E-state index contributed by atoms with van der Waals surface area (Å²) in [5.41, 5.74) is 0. The first-order valence-corrected chi connectivity index (χ1v) is 29.7. The van der Waals surface area contributed by atoms with E-state index < -0.39 is 12.1 Å². The van der Waals surface area contributed by atoms with Gasteiger partial charge in [-0.2, -0.15) is 0 Å². The Kier molecular flexibility index (Phi) is 56.4. The first-order chi connectivity index (χ1) is 36.0. The smallest absolute Gasteiger partial charge is 0.306 e. The molecule has 0 aliphatic rings. The topological polar surface area (TPSA) is 78.9 Å². The van der Waals surface area contributed by atoms with Crippen LogP contribution < -0.4 is 0 Å². The van der Waals surface area contributed by atoms with Crippen LogP contribution in [0.25, 0.3) is 0 Å². The summed E-state index contributed by atoms with van der Waals surface area (Å²) in [7, 11) is 0. The van der Waals surface area contributed by atoms with E-state index in [0.717, 1.165) is 103 Å². The average Bonchev–Trinajstić information content (AvgIpc) is 3.39. The van der Waals surface area contributed by atoms with Crippen molar-refractivity contribution in [3.8, 4) is 0 Å². The molecule has 0 heterocycles. The molecule has 0 radical (unpaired) electrons. The average molecular weight is 1010 g/mol. The van der Waals surface area contributed by atoms with Crippen molar-refractivity contribution in [1.82, 2.24) is 0 Å². The van der Waals surface area contributed by atoms with Crippen molar-refractivity contribution in [2.75, 3.05) is 13.2 Å². The first-order valence-electron chi connectivity index (χ1n) is 29.7. The van der Waals surface area contributed by atoms with Gasteiger partial charge in [0.05, 0.1) is 0 Å². The van der Waals surface area contributed by atoms with E-state index in [0.29, 0.717) is 19.3 Å². The zero-order chi connectivity index (χ0) is 52.9. The van der Waals surface area contributed by atoms with Crippen LogP contribution in [0.4, 0.5) is 0 Å². The van der Waals surface area contributed by atoms with Gasteiger partial charge in [0.2, 0.25) is 0 Å². The fourth-order valence-corrected chi connectivity index (χ4v) is 7.61. The van der Waals surface area contributed by atoms with Crippen LogP contribution in [0.2, 0.25) is 0 Å². The van der Waals surface area contributed by atoms with Gasteiger partial charge in [-0.1, -0.05) is 231 Å². The Labute approximate surface area is 449 Å². The number of hydrogen-bond donors (Lipinski definition) is 0. The largest absolute Gasteiger partial charge is 0.462 e. The molecule has 0 aliphatic carbocycles. The van der Waals surface area contributed by atoms with Crippen molar-refractivity contribution >= 4 is 17.9 Å². The molecule has 1 atom stereocenters. The highest BCUT2D eigenvalue weighted by Gasteiger charge is 2.19. The second-order valence-corrected chi connectivity index (χ2v) is 19.2. The SMILES string of the molecule is CCCCC/C=C\C/C=C\C/C=C\C/C=C\C/C=C\CCC(=O)O[C@H](COC(=O)CCCCC/C=C\C/C=C\C/C=C\C/C=C\CCCCC)COC(=O)CCCCCCCCC/C=C\C/C=C\CCCCC. The Morgan fingerprint density at radius 1 is 0.274 bits per heavy atom. The predicted octanol–water partition coefficient (Wildman–Crippen LogP) is 20.2. The Morgan fingerprint density at radius 2 is 0.521 bits per heavy atom. The number of rotatable bonds is 52. The number of carbonyl (C=O) groups excluding carboxylic acids is 3. The standard InChI is InChI=1S/C67H108O6/c1-4-7-10-13-16-19-22-25-28-31-33-36-39-42-45-48-51-54-57-60-66(69)72-63-64(62-71-65(68)59-56-53-50-47-44-41-38-35-30-27-24-21-18-15-12-9-6-3)73-67(70)61-58-55-52-49-46-43-40-37-34-32-29-26-23-20-17-14-11-8-5-2/h16-21,25-30,33-34,36-37,42-43,45-46,52,55,64H,4-15,22-24,31-32,35,38-41,44,47-51,53-54,56-63H2,1-3H3/b19-16-,20-17-,21-18-,28-25-,29-26-,30-27-,36-33-,37-34-,45-42-,46-43-,55-52-/t64-/m0/s1. The van der Waals surface area contributed by atoms with Gasteiger partial charge < -0.3 is 14.2 Å². The molecular formula is C67H108O6. The Bertz CT molecular complexity index is 1580. The minimum Gasteiger partial charge on any atom is -0.462 e. The van der Waals surface area contributed by atoms with E-state index in [4.69, 9.17) is 14.2 Å². The molecule has 412 valence electrons. The third-order valence-corrected chi connectivity index (χ3v) is 12.1. The molecule has 6 heteroatoms. The molecule has 0 saturated carbocycles. The molecule has 73 heavy (non-hydrogen) atoms. The van der Waals surface area contributed by atoms with Crippen LogP contribution in [0.15, 0.2) is 134 Å². The first kappa shape index (κ1) is 68.6. The molecule has 0 fully saturated rings. The molecule has 0 aromatic carbocycles. The van der Waals surface area contributed by atoms with Crippen molar-refractivity contribution in [2.24, 2.45) is 0 Å². The maximum absolute atomic E-state index is 12.8. The van der Waals surface area contributed by atoms with Crippen LogP contribution in [0.3, 0.4) is 0 Å². The normalized spacial score (nSPS) is 13.1. The lowest BCUT2D eigenvalue weighted by molar-refractivity contribution is -0.166. The van der Waals surface area contributed by atoms with E-state index in [1.807, 2.05) is 12.2 Å².